The van der Waals surface area contributed by atoms with Gasteiger partial charge in [-0.15, -0.1) is 0 Å². The summed E-state index contributed by atoms with van der Waals surface area (Å²) in [6.45, 7) is 5.14. The Labute approximate surface area is 140 Å². The average Bonchev–Trinajstić information content (AvgIpc) is 2.56. The Morgan fingerprint density at radius 3 is 1.88 bits per heavy atom. The van der Waals surface area contributed by atoms with Crippen LogP contribution in [-0.2, 0) is 6.54 Å². The van der Waals surface area contributed by atoms with Gasteiger partial charge in [-0.3, -0.25) is 0 Å². The Hall–Kier alpha value is -2.86. The van der Waals surface area contributed by atoms with Crippen LogP contribution in [0.2, 0.25) is 0 Å². The molecule has 0 amide bonds. The molecule has 0 spiro atoms. The second-order valence-electron chi connectivity index (χ2n) is 5.02. The van der Waals surface area contributed by atoms with Crippen LogP contribution in [0, 0.1) is 6.92 Å². The molecule has 2 aromatic carbocycles. The van der Waals surface area contributed by atoms with E-state index in [1.807, 2.05) is 24.3 Å². The smallest absolute Gasteiger partial charge is 0.335 e. The fourth-order valence-corrected chi connectivity index (χ4v) is 2.06. The zero-order chi connectivity index (χ0) is 18.1. The summed E-state index contributed by atoms with van der Waals surface area (Å²) >= 11 is 0. The number of carbonyl (C=O) groups is 2. The highest BCUT2D eigenvalue weighted by Crippen LogP contribution is 2.13. The zero-order valence-corrected chi connectivity index (χ0v) is 13.7. The lowest BCUT2D eigenvalue weighted by atomic mass is 10.0. The standard InChI is InChI=1S/C9H14N2.C9H8O4/c1-2-11-9-5-3-8(7-10)4-6-9;1-5-6(8(10)11)3-2-4-7(5)9(12)13/h3-6,11H,2,7,10H2,1H3;2-4H,1H3,(H,10,11)(H,12,13). The van der Waals surface area contributed by atoms with Gasteiger partial charge in [0.05, 0.1) is 11.1 Å². The second-order valence-corrected chi connectivity index (χ2v) is 5.02. The molecule has 5 N–H and O–H groups in total. The van der Waals surface area contributed by atoms with E-state index in [1.54, 1.807) is 0 Å². The van der Waals surface area contributed by atoms with E-state index >= 15 is 0 Å². The van der Waals surface area contributed by atoms with Crippen LogP contribution in [0.4, 0.5) is 5.69 Å². The summed E-state index contributed by atoms with van der Waals surface area (Å²) in [5.41, 5.74) is 8.12. The number of hydrogen-bond acceptors (Lipinski definition) is 4. The van der Waals surface area contributed by atoms with Gasteiger partial charge in [-0.25, -0.2) is 9.59 Å². The third-order valence-corrected chi connectivity index (χ3v) is 3.37. The summed E-state index contributed by atoms with van der Waals surface area (Å²) in [4.78, 5) is 21.2. The first kappa shape index (κ1) is 19.2. The van der Waals surface area contributed by atoms with E-state index in [9.17, 15) is 9.59 Å². The molecule has 2 rings (SSSR count). The third kappa shape index (κ3) is 5.40. The first-order chi connectivity index (χ1) is 11.4. The summed E-state index contributed by atoms with van der Waals surface area (Å²) in [5.74, 6) is -2.22. The van der Waals surface area contributed by atoms with Gasteiger partial charge in [0, 0.05) is 18.8 Å². The van der Waals surface area contributed by atoms with Crippen LogP contribution < -0.4 is 11.1 Å². The van der Waals surface area contributed by atoms with Crippen LogP contribution >= 0.6 is 0 Å². The SMILES string of the molecule is CCNc1ccc(CN)cc1.Cc1c(C(=O)O)cccc1C(=O)O. The van der Waals surface area contributed by atoms with Crippen LogP contribution in [-0.4, -0.2) is 28.7 Å². The zero-order valence-electron chi connectivity index (χ0n) is 13.7. The second kappa shape index (κ2) is 9.32. The van der Waals surface area contributed by atoms with Crippen LogP contribution in [0.1, 0.15) is 38.8 Å². The summed E-state index contributed by atoms with van der Waals surface area (Å²) in [6.07, 6.45) is 0. The monoisotopic (exact) mass is 330 g/mol. The number of anilines is 1. The number of nitrogens with two attached hydrogens (primary N) is 1. The van der Waals surface area contributed by atoms with Crippen molar-refractivity contribution in [3.05, 3.63) is 64.7 Å². The molecule has 0 radical (unpaired) electrons. The molecule has 6 heteroatoms. The van der Waals surface area contributed by atoms with Gasteiger partial charge in [0.2, 0.25) is 0 Å². The molecule has 0 aliphatic carbocycles. The highest BCUT2D eigenvalue weighted by Gasteiger charge is 2.13. The van der Waals surface area contributed by atoms with Crippen molar-refractivity contribution in [1.29, 1.82) is 0 Å². The largest absolute Gasteiger partial charge is 0.478 e. The molecule has 0 bridgehead atoms. The van der Waals surface area contributed by atoms with Gasteiger partial charge in [0.1, 0.15) is 0 Å². The molecule has 0 saturated carbocycles. The number of aromatic carboxylic acids is 2. The Balaban J connectivity index is 0.000000243. The lowest BCUT2D eigenvalue weighted by Gasteiger charge is -2.03. The summed E-state index contributed by atoms with van der Waals surface area (Å²) < 4.78 is 0. The van der Waals surface area contributed by atoms with Crippen molar-refractivity contribution < 1.29 is 19.8 Å². The Morgan fingerprint density at radius 2 is 1.50 bits per heavy atom. The topological polar surface area (TPSA) is 113 Å². The molecule has 0 aromatic heterocycles. The molecular weight excluding hydrogens is 308 g/mol. The summed E-state index contributed by atoms with van der Waals surface area (Å²) in [6, 6.07) is 12.3. The van der Waals surface area contributed by atoms with E-state index in [-0.39, 0.29) is 16.7 Å². The maximum Gasteiger partial charge on any atom is 0.335 e. The maximum atomic E-state index is 10.6. The molecular formula is C18H22N2O4. The molecule has 0 saturated heterocycles. The maximum absolute atomic E-state index is 10.6. The normalized spacial score (nSPS) is 9.62. The predicted molar refractivity (Wildman–Crippen MR) is 93.6 cm³/mol. The summed E-state index contributed by atoms with van der Waals surface area (Å²) in [7, 11) is 0. The van der Waals surface area contributed by atoms with Crippen molar-refractivity contribution in [1.82, 2.24) is 0 Å². The van der Waals surface area contributed by atoms with Crippen molar-refractivity contribution in [2.45, 2.75) is 20.4 Å². The van der Waals surface area contributed by atoms with Crippen molar-refractivity contribution in [3.8, 4) is 0 Å². The predicted octanol–water partition coefficient (Wildman–Crippen LogP) is 2.97. The van der Waals surface area contributed by atoms with Gasteiger partial charge >= 0.3 is 11.9 Å². The van der Waals surface area contributed by atoms with Crippen molar-refractivity contribution in [2.75, 3.05) is 11.9 Å². The highest BCUT2D eigenvalue weighted by atomic mass is 16.4. The van der Waals surface area contributed by atoms with E-state index in [0.717, 1.165) is 12.2 Å². The molecule has 0 aliphatic rings. The number of benzene rings is 2. The van der Waals surface area contributed by atoms with Crippen molar-refractivity contribution in [3.63, 3.8) is 0 Å². The number of carboxylic acid groups (broad SMARTS) is 2. The molecule has 0 aliphatic heterocycles. The minimum Gasteiger partial charge on any atom is -0.478 e. The quantitative estimate of drug-likeness (QED) is 0.670. The molecule has 0 unspecified atom stereocenters. The average molecular weight is 330 g/mol. The molecule has 128 valence electrons. The third-order valence-electron chi connectivity index (χ3n) is 3.37. The summed E-state index contributed by atoms with van der Waals surface area (Å²) in [5, 5.41) is 20.6. The first-order valence-corrected chi connectivity index (χ1v) is 7.49. The molecule has 24 heavy (non-hydrogen) atoms. The molecule has 0 heterocycles. The van der Waals surface area contributed by atoms with Crippen LogP contribution in [0.25, 0.3) is 0 Å². The highest BCUT2D eigenvalue weighted by molar-refractivity contribution is 5.96. The Morgan fingerprint density at radius 1 is 1.00 bits per heavy atom. The first-order valence-electron chi connectivity index (χ1n) is 7.49. The van der Waals surface area contributed by atoms with Crippen molar-refractivity contribution in [2.24, 2.45) is 5.73 Å². The van der Waals surface area contributed by atoms with Crippen LogP contribution in [0.5, 0.6) is 0 Å². The van der Waals surface area contributed by atoms with E-state index < -0.39 is 11.9 Å². The molecule has 2 aromatic rings. The van der Waals surface area contributed by atoms with Gasteiger partial charge < -0.3 is 21.3 Å². The van der Waals surface area contributed by atoms with Gasteiger partial charge in [-0.05, 0) is 49.2 Å². The van der Waals surface area contributed by atoms with E-state index in [1.165, 1.54) is 30.7 Å². The van der Waals surface area contributed by atoms with Gasteiger partial charge in [0.25, 0.3) is 0 Å². The van der Waals surface area contributed by atoms with E-state index in [0.29, 0.717) is 6.54 Å². The molecule has 0 fully saturated rings. The van der Waals surface area contributed by atoms with Crippen LogP contribution in [0.3, 0.4) is 0 Å². The minimum atomic E-state index is -1.11. The number of nitrogens with one attached hydrogen (secondary N) is 1. The van der Waals surface area contributed by atoms with Gasteiger partial charge in [-0.1, -0.05) is 18.2 Å². The van der Waals surface area contributed by atoms with E-state index in [2.05, 4.69) is 12.2 Å². The lowest BCUT2D eigenvalue weighted by Crippen LogP contribution is -2.06. The molecule has 6 nitrogen and oxygen atoms in total. The molecule has 0 atom stereocenters. The number of carboxylic acids is 2. The van der Waals surface area contributed by atoms with Crippen LogP contribution in [0.15, 0.2) is 42.5 Å². The Bertz CT molecular complexity index is 664. The Kier molecular flexibility index (Phi) is 7.45. The fraction of sp³-hybridized carbons (Fsp3) is 0.222. The van der Waals surface area contributed by atoms with Crippen molar-refractivity contribution >= 4 is 17.6 Å². The number of rotatable bonds is 5. The fourth-order valence-electron chi connectivity index (χ4n) is 2.06. The van der Waals surface area contributed by atoms with Gasteiger partial charge in [0.15, 0.2) is 0 Å². The van der Waals surface area contributed by atoms with Gasteiger partial charge in [-0.2, -0.15) is 0 Å². The lowest BCUT2D eigenvalue weighted by molar-refractivity contribution is 0.0696. The minimum absolute atomic E-state index is 0.0277. The number of hydrogen-bond donors (Lipinski definition) is 4. The van der Waals surface area contributed by atoms with E-state index in [4.69, 9.17) is 15.9 Å².